The van der Waals surface area contributed by atoms with Gasteiger partial charge >= 0.3 is 0 Å². The molecule has 28 heavy (non-hydrogen) atoms. The summed E-state index contributed by atoms with van der Waals surface area (Å²) >= 11 is 1.42. The van der Waals surface area contributed by atoms with Crippen molar-refractivity contribution in [2.45, 2.75) is 26.3 Å². The molecule has 9 heteroatoms. The summed E-state index contributed by atoms with van der Waals surface area (Å²) in [4.78, 5) is 26.5. The molecular formula is C19H25N7OS. The molecule has 1 unspecified atom stereocenters. The van der Waals surface area contributed by atoms with Gasteiger partial charge in [0.15, 0.2) is 0 Å². The highest BCUT2D eigenvalue weighted by molar-refractivity contribution is 7.20. The Labute approximate surface area is 167 Å². The molecule has 0 amide bonds. The number of pyridine rings is 1. The van der Waals surface area contributed by atoms with Crippen LogP contribution in [-0.2, 0) is 6.42 Å². The molecule has 1 aliphatic heterocycles. The van der Waals surface area contributed by atoms with Crippen molar-refractivity contribution < 1.29 is 0 Å². The minimum atomic E-state index is -0.121. The number of aryl methyl sites for hydroxylation is 1. The second-order valence-corrected chi connectivity index (χ2v) is 8.02. The maximum atomic E-state index is 12.1. The fourth-order valence-electron chi connectivity index (χ4n) is 3.44. The van der Waals surface area contributed by atoms with Crippen molar-refractivity contribution in [3.05, 3.63) is 46.5 Å². The van der Waals surface area contributed by atoms with E-state index in [9.17, 15) is 4.79 Å². The number of fused-ring (bicyclic) bond motifs is 1. The van der Waals surface area contributed by atoms with Gasteiger partial charge in [-0.1, -0.05) is 24.3 Å². The largest absolute Gasteiger partial charge is 0.356 e. The fourth-order valence-corrected chi connectivity index (χ4v) is 4.38. The second-order valence-electron chi connectivity index (χ2n) is 7.06. The van der Waals surface area contributed by atoms with E-state index in [4.69, 9.17) is 0 Å². The van der Waals surface area contributed by atoms with Gasteiger partial charge in [-0.15, -0.1) is 5.10 Å². The van der Waals surface area contributed by atoms with Crippen LogP contribution in [0.3, 0.4) is 0 Å². The van der Waals surface area contributed by atoms with Crippen LogP contribution < -0.4 is 15.8 Å². The van der Waals surface area contributed by atoms with Crippen LogP contribution in [0, 0.1) is 0 Å². The van der Waals surface area contributed by atoms with Crippen molar-refractivity contribution in [2.75, 3.05) is 42.9 Å². The second kappa shape index (κ2) is 8.24. The van der Waals surface area contributed by atoms with E-state index >= 15 is 0 Å². The van der Waals surface area contributed by atoms with Gasteiger partial charge in [0.25, 0.3) is 5.56 Å². The molecule has 1 fully saturated rings. The Hall–Kier alpha value is -2.52. The average Bonchev–Trinajstić information content (AvgIpc) is 3.12. The third-order valence-corrected chi connectivity index (χ3v) is 5.75. The number of piperazine rings is 1. The summed E-state index contributed by atoms with van der Waals surface area (Å²) in [5.41, 5.74) is 0.684. The molecule has 8 nitrogen and oxygen atoms in total. The van der Waals surface area contributed by atoms with E-state index in [1.807, 2.05) is 25.3 Å². The van der Waals surface area contributed by atoms with Crippen molar-refractivity contribution in [1.82, 2.24) is 24.5 Å². The van der Waals surface area contributed by atoms with E-state index < -0.39 is 0 Å². The lowest BCUT2D eigenvalue weighted by Gasteiger charge is -2.36. The van der Waals surface area contributed by atoms with Crippen LogP contribution in [0.4, 0.5) is 10.9 Å². The van der Waals surface area contributed by atoms with Crippen molar-refractivity contribution >= 4 is 27.2 Å². The first kappa shape index (κ1) is 18.8. The molecule has 0 bridgehead atoms. The number of hydrogen-bond acceptors (Lipinski definition) is 8. The predicted octanol–water partition coefficient (Wildman–Crippen LogP) is 1.73. The number of hydrogen-bond donors (Lipinski definition) is 1. The van der Waals surface area contributed by atoms with Crippen LogP contribution in [0.2, 0.25) is 0 Å². The Morgan fingerprint density at radius 1 is 1.25 bits per heavy atom. The Morgan fingerprint density at radius 2 is 2.07 bits per heavy atom. The minimum Gasteiger partial charge on any atom is -0.356 e. The van der Waals surface area contributed by atoms with Crippen molar-refractivity contribution in [1.29, 1.82) is 0 Å². The van der Waals surface area contributed by atoms with E-state index in [2.05, 4.69) is 43.2 Å². The topological polar surface area (TPSA) is 78.7 Å². The molecular weight excluding hydrogens is 374 g/mol. The first-order valence-electron chi connectivity index (χ1n) is 9.67. The van der Waals surface area contributed by atoms with Gasteiger partial charge in [-0.2, -0.15) is 4.52 Å². The summed E-state index contributed by atoms with van der Waals surface area (Å²) in [6.07, 6.45) is 2.59. The van der Waals surface area contributed by atoms with Gasteiger partial charge in [0.1, 0.15) is 5.82 Å². The van der Waals surface area contributed by atoms with Crippen molar-refractivity contribution in [2.24, 2.45) is 0 Å². The zero-order chi connectivity index (χ0) is 19.5. The number of aromatic nitrogens is 4. The molecule has 0 radical (unpaired) electrons. The third-order valence-electron chi connectivity index (χ3n) is 4.91. The Kier molecular flexibility index (Phi) is 5.54. The average molecular weight is 400 g/mol. The summed E-state index contributed by atoms with van der Waals surface area (Å²) in [5.74, 6) is 1.05. The molecule has 0 spiro atoms. The van der Waals surface area contributed by atoms with Crippen LogP contribution in [0.15, 0.2) is 35.3 Å². The quantitative estimate of drug-likeness (QED) is 0.676. The van der Waals surface area contributed by atoms with Crippen molar-refractivity contribution in [3.8, 4) is 0 Å². The number of nitrogens with one attached hydrogen (secondary N) is 1. The van der Waals surface area contributed by atoms with Crippen molar-refractivity contribution in [3.63, 3.8) is 0 Å². The van der Waals surface area contributed by atoms with E-state index in [0.29, 0.717) is 4.96 Å². The summed E-state index contributed by atoms with van der Waals surface area (Å²) in [5, 5.41) is 8.55. The molecule has 4 rings (SSSR count). The normalized spacial score (nSPS) is 16.4. The molecule has 1 aliphatic rings. The molecule has 1 N–H and O–H groups in total. The van der Waals surface area contributed by atoms with E-state index in [1.165, 1.54) is 15.9 Å². The van der Waals surface area contributed by atoms with Gasteiger partial charge in [-0.05, 0) is 25.5 Å². The lowest BCUT2D eigenvalue weighted by atomic mass is 10.2. The zero-order valence-corrected chi connectivity index (χ0v) is 17.0. The first-order chi connectivity index (χ1) is 13.6. The highest BCUT2D eigenvalue weighted by Gasteiger charge is 2.20. The number of nitrogens with zero attached hydrogens (tertiary/aromatic N) is 6. The van der Waals surface area contributed by atoms with E-state index in [-0.39, 0.29) is 11.6 Å². The molecule has 1 saturated heterocycles. The van der Waals surface area contributed by atoms with Crippen LogP contribution >= 0.6 is 11.3 Å². The Bertz CT molecular complexity index is 979. The molecule has 0 saturated carbocycles. The summed E-state index contributed by atoms with van der Waals surface area (Å²) < 4.78 is 1.38. The van der Waals surface area contributed by atoms with Gasteiger partial charge in [-0.3, -0.25) is 9.69 Å². The SMILES string of the molecule is CCc1cc(=O)n2nc(NC(C)CN3CCN(c4ccccn4)CC3)sc2n1. The van der Waals surface area contributed by atoms with Gasteiger partial charge < -0.3 is 10.2 Å². The maximum Gasteiger partial charge on any atom is 0.275 e. The number of rotatable bonds is 6. The maximum absolute atomic E-state index is 12.1. The van der Waals surface area contributed by atoms with Gasteiger partial charge in [-0.25, -0.2) is 9.97 Å². The molecule has 0 aromatic carbocycles. The molecule has 148 valence electrons. The third kappa shape index (κ3) is 4.15. The number of anilines is 2. The van der Waals surface area contributed by atoms with Crippen LogP contribution in [0.5, 0.6) is 0 Å². The minimum absolute atomic E-state index is 0.121. The predicted molar refractivity (Wildman–Crippen MR) is 112 cm³/mol. The van der Waals surface area contributed by atoms with E-state index in [1.54, 1.807) is 6.07 Å². The molecule has 0 aliphatic carbocycles. The molecule has 1 atom stereocenters. The van der Waals surface area contributed by atoms with Gasteiger partial charge in [0.05, 0.1) is 0 Å². The van der Waals surface area contributed by atoms with E-state index in [0.717, 1.165) is 55.8 Å². The lowest BCUT2D eigenvalue weighted by molar-refractivity contribution is 0.250. The summed E-state index contributed by atoms with van der Waals surface area (Å²) in [7, 11) is 0. The lowest BCUT2D eigenvalue weighted by Crippen LogP contribution is -2.49. The van der Waals surface area contributed by atoms with Gasteiger partial charge in [0, 0.05) is 56.7 Å². The van der Waals surface area contributed by atoms with Crippen LogP contribution in [-0.4, -0.2) is 63.2 Å². The highest BCUT2D eigenvalue weighted by atomic mass is 32.1. The Morgan fingerprint density at radius 3 is 2.79 bits per heavy atom. The summed E-state index contributed by atoms with van der Waals surface area (Å²) in [6, 6.07) is 7.82. The van der Waals surface area contributed by atoms with Crippen LogP contribution in [0.25, 0.3) is 4.96 Å². The van der Waals surface area contributed by atoms with Crippen LogP contribution in [0.1, 0.15) is 19.5 Å². The standard InChI is InChI=1S/C19H25N7OS/c1-3-15-12-17(27)26-19(22-15)28-18(23-26)21-14(2)13-24-8-10-25(11-9-24)16-6-4-5-7-20-16/h4-7,12,14H,3,8-11,13H2,1-2H3,(H,21,23). The van der Waals surface area contributed by atoms with Gasteiger partial charge in [0.2, 0.25) is 10.1 Å². The molecule has 3 aromatic rings. The fraction of sp³-hybridized carbons (Fsp3) is 0.474. The Balaban J connectivity index is 1.34. The monoisotopic (exact) mass is 399 g/mol. The zero-order valence-electron chi connectivity index (χ0n) is 16.2. The first-order valence-corrected chi connectivity index (χ1v) is 10.5. The highest BCUT2D eigenvalue weighted by Crippen LogP contribution is 2.18. The summed E-state index contributed by atoms with van der Waals surface area (Å²) in [6.45, 7) is 9.02. The molecule has 4 heterocycles. The molecule has 3 aromatic heterocycles. The smallest absolute Gasteiger partial charge is 0.275 e.